The van der Waals surface area contributed by atoms with Gasteiger partial charge in [-0.25, -0.2) is 0 Å². The second kappa shape index (κ2) is 5.01. The zero-order chi connectivity index (χ0) is 10.6. The molecular formula is C12H19NO. The Morgan fingerprint density at radius 3 is 2.57 bits per heavy atom. The lowest BCUT2D eigenvalue weighted by Crippen LogP contribution is -2.12. The van der Waals surface area contributed by atoms with E-state index in [0.717, 1.165) is 24.9 Å². The van der Waals surface area contributed by atoms with Crippen molar-refractivity contribution in [1.82, 2.24) is 4.90 Å². The number of phenols is 1. The summed E-state index contributed by atoms with van der Waals surface area (Å²) in [5.74, 6) is 0.436. The monoisotopic (exact) mass is 193 g/mol. The molecule has 0 aliphatic rings. The molecule has 2 nitrogen and oxygen atoms in total. The summed E-state index contributed by atoms with van der Waals surface area (Å²) in [7, 11) is 4.08. The van der Waals surface area contributed by atoms with Gasteiger partial charge in [0.2, 0.25) is 0 Å². The molecule has 0 amide bonds. The van der Waals surface area contributed by atoms with Gasteiger partial charge in [0, 0.05) is 6.54 Å². The second-order valence-corrected chi connectivity index (χ2v) is 3.90. The van der Waals surface area contributed by atoms with Gasteiger partial charge in [0.1, 0.15) is 5.75 Å². The van der Waals surface area contributed by atoms with Crippen molar-refractivity contribution in [2.75, 3.05) is 14.1 Å². The lowest BCUT2D eigenvalue weighted by Gasteiger charge is -2.14. The Labute approximate surface area is 86.2 Å². The highest BCUT2D eigenvalue weighted by molar-refractivity contribution is 5.39. The molecule has 0 atom stereocenters. The predicted octanol–water partition coefficient (Wildman–Crippen LogP) is 2.41. The molecule has 0 heterocycles. The van der Waals surface area contributed by atoms with Crippen LogP contribution in [0.25, 0.3) is 0 Å². The predicted molar refractivity (Wildman–Crippen MR) is 59.5 cm³/mol. The van der Waals surface area contributed by atoms with Crippen molar-refractivity contribution >= 4 is 0 Å². The number of rotatable bonds is 4. The quantitative estimate of drug-likeness (QED) is 0.793. The van der Waals surface area contributed by atoms with Crippen LogP contribution < -0.4 is 0 Å². The molecular weight excluding hydrogens is 174 g/mol. The van der Waals surface area contributed by atoms with Crippen LogP contribution in [-0.4, -0.2) is 24.1 Å². The molecule has 0 saturated carbocycles. The summed E-state index contributed by atoms with van der Waals surface area (Å²) >= 11 is 0. The van der Waals surface area contributed by atoms with E-state index in [4.69, 9.17) is 0 Å². The van der Waals surface area contributed by atoms with E-state index in [-0.39, 0.29) is 0 Å². The maximum atomic E-state index is 9.72. The molecule has 0 spiro atoms. The molecule has 78 valence electrons. The molecule has 0 aliphatic heterocycles. The third-order valence-corrected chi connectivity index (χ3v) is 2.23. The molecule has 0 bridgehead atoms. The minimum Gasteiger partial charge on any atom is -0.508 e. The van der Waals surface area contributed by atoms with E-state index < -0.39 is 0 Å². The Morgan fingerprint density at radius 2 is 2.00 bits per heavy atom. The number of nitrogens with zero attached hydrogens (tertiary/aromatic N) is 1. The number of hydrogen-bond donors (Lipinski definition) is 1. The van der Waals surface area contributed by atoms with Gasteiger partial charge in [-0.3, -0.25) is 0 Å². The maximum absolute atomic E-state index is 9.72. The van der Waals surface area contributed by atoms with Crippen molar-refractivity contribution in [2.45, 2.75) is 26.3 Å². The molecule has 0 saturated heterocycles. The highest BCUT2D eigenvalue weighted by atomic mass is 16.3. The van der Waals surface area contributed by atoms with Gasteiger partial charge >= 0.3 is 0 Å². The van der Waals surface area contributed by atoms with Gasteiger partial charge in [-0.1, -0.05) is 25.5 Å². The van der Waals surface area contributed by atoms with Crippen LogP contribution in [0.4, 0.5) is 0 Å². The van der Waals surface area contributed by atoms with E-state index in [2.05, 4.69) is 17.9 Å². The highest BCUT2D eigenvalue weighted by Gasteiger charge is 2.06. The summed E-state index contributed by atoms with van der Waals surface area (Å²) in [4.78, 5) is 2.12. The lowest BCUT2D eigenvalue weighted by atomic mass is 10.0. The Morgan fingerprint density at radius 1 is 1.29 bits per heavy atom. The Balaban J connectivity index is 2.95. The van der Waals surface area contributed by atoms with E-state index in [1.807, 2.05) is 20.2 Å². The third-order valence-electron chi connectivity index (χ3n) is 2.23. The molecule has 0 radical (unpaired) electrons. The van der Waals surface area contributed by atoms with Crippen molar-refractivity contribution in [3.05, 3.63) is 29.3 Å². The summed E-state index contributed by atoms with van der Waals surface area (Å²) in [5, 5.41) is 9.72. The van der Waals surface area contributed by atoms with Crippen LogP contribution in [-0.2, 0) is 13.0 Å². The first-order chi connectivity index (χ1) is 6.65. The van der Waals surface area contributed by atoms with Crippen LogP contribution in [0.5, 0.6) is 5.75 Å². The van der Waals surface area contributed by atoms with E-state index >= 15 is 0 Å². The van der Waals surface area contributed by atoms with Crippen LogP contribution in [0, 0.1) is 0 Å². The zero-order valence-corrected chi connectivity index (χ0v) is 9.25. The molecule has 1 aromatic carbocycles. The average molecular weight is 193 g/mol. The molecule has 2 heteroatoms. The average Bonchev–Trinajstić information content (AvgIpc) is 2.10. The van der Waals surface area contributed by atoms with Gasteiger partial charge < -0.3 is 10.0 Å². The van der Waals surface area contributed by atoms with Gasteiger partial charge in [0.25, 0.3) is 0 Å². The fourth-order valence-corrected chi connectivity index (χ4v) is 1.65. The van der Waals surface area contributed by atoms with Gasteiger partial charge in [-0.2, -0.15) is 0 Å². The topological polar surface area (TPSA) is 23.5 Å². The Bertz CT molecular complexity index is 294. The van der Waals surface area contributed by atoms with Gasteiger partial charge in [-0.05, 0) is 37.7 Å². The molecule has 1 aromatic rings. The standard InChI is InChI=1S/C12H19NO/c1-4-6-11-10(9-13(2)3)7-5-8-12(11)14/h5,7-8,14H,4,6,9H2,1-3H3. The van der Waals surface area contributed by atoms with Gasteiger partial charge in [-0.15, -0.1) is 0 Å². The van der Waals surface area contributed by atoms with Crippen molar-refractivity contribution in [3.8, 4) is 5.75 Å². The van der Waals surface area contributed by atoms with Gasteiger partial charge in [0.05, 0.1) is 0 Å². The SMILES string of the molecule is CCCc1c(O)cccc1CN(C)C. The zero-order valence-electron chi connectivity index (χ0n) is 9.25. The van der Waals surface area contributed by atoms with Crippen LogP contribution in [0.1, 0.15) is 24.5 Å². The Kier molecular flexibility index (Phi) is 3.96. The summed E-state index contributed by atoms with van der Waals surface area (Å²) in [5.41, 5.74) is 2.33. The first kappa shape index (κ1) is 11.1. The molecule has 0 fully saturated rings. The molecule has 0 aliphatic carbocycles. The van der Waals surface area contributed by atoms with Crippen LogP contribution in [0.15, 0.2) is 18.2 Å². The van der Waals surface area contributed by atoms with Crippen molar-refractivity contribution in [3.63, 3.8) is 0 Å². The highest BCUT2D eigenvalue weighted by Crippen LogP contribution is 2.23. The van der Waals surface area contributed by atoms with Crippen molar-refractivity contribution < 1.29 is 5.11 Å². The summed E-state index contributed by atoms with van der Waals surface area (Å²) in [6.45, 7) is 3.02. The third kappa shape index (κ3) is 2.74. The minimum atomic E-state index is 0.436. The molecule has 0 aromatic heterocycles. The van der Waals surface area contributed by atoms with Crippen LogP contribution >= 0.6 is 0 Å². The van der Waals surface area contributed by atoms with E-state index in [0.29, 0.717) is 5.75 Å². The van der Waals surface area contributed by atoms with Crippen molar-refractivity contribution in [2.24, 2.45) is 0 Å². The summed E-state index contributed by atoms with van der Waals surface area (Å²) in [6, 6.07) is 5.77. The van der Waals surface area contributed by atoms with E-state index in [1.165, 1.54) is 5.56 Å². The maximum Gasteiger partial charge on any atom is 0.119 e. The van der Waals surface area contributed by atoms with Crippen LogP contribution in [0.2, 0.25) is 0 Å². The number of hydrogen-bond acceptors (Lipinski definition) is 2. The number of aromatic hydroxyl groups is 1. The number of benzene rings is 1. The largest absolute Gasteiger partial charge is 0.508 e. The van der Waals surface area contributed by atoms with E-state index in [9.17, 15) is 5.11 Å². The van der Waals surface area contributed by atoms with Gasteiger partial charge in [0.15, 0.2) is 0 Å². The van der Waals surface area contributed by atoms with Crippen LogP contribution in [0.3, 0.4) is 0 Å². The van der Waals surface area contributed by atoms with Crippen molar-refractivity contribution in [1.29, 1.82) is 0 Å². The first-order valence-corrected chi connectivity index (χ1v) is 5.09. The normalized spacial score (nSPS) is 10.9. The first-order valence-electron chi connectivity index (χ1n) is 5.09. The second-order valence-electron chi connectivity index (χ2n) is 3.90. The minimum absolute atomic E-state index is 0.436. The lowest BCUT2D eigenvalue weighted by molar-refractivity contribution is 0.397. The Hall–Kier alpha value is -1.02. The van der Waals surface area contributed by atoms with E-state index in [1.54, 1.807) is 6.07 Å². The molecule has 14 heavy (non-hydrogen) atoms. The summed E-state index contributed by atoms with van der Waals surface area (Å²) in [6.07, 6.45) is 2.02. The smallest absolute Gasteiger partial charge is 0.119 e. The summed E-state index contributed by atoms with van der Waals surface area (Å²) < 4.78 is 0. The molecule has 1 N–H and O–H groups in total. The molecule has 0 unspecified atom stereocenters. The fourth-order valence-electron chi connectivity index (χ4n) is 1.65. The number of phenolic OH excluding ortho intramolecular Hbond substituents is 1. The molecule has 1 rings (SSSR count). The fraction of sp³-hybridized carbons (Fsp3) is 0.500.